The molecule has 17 heavy (non-hydrogen) atoms. The first-order valence-electron chi connectivity index (χ1n) is 5.05. The highest BCUT2D eigenvalue weighted by atomic mass is 32.2. The number of para-hydroxylation sites is 1. The zero-order chi connectivity index (χ0) is 12.5. The molecule has 0 radical (unpaired) electrons. The van der Waals surface area contributed by atoms with Crippen LogP contribution in [0.2, 0.25) is 0 Å². The number of aromatic nitrogens is 1. The van der Waals surface area contributed by atoms with Crippen molar-refractivity contribution in [1.29, 1.82) is 0 Å². The first-order chi connectivity index (χ1) is 8.00. The standard InChI is InChI=1S/C11H13N3O2S/c1-14(2)17(15,16)13-10-7-3-5-9-6-4-8-12-11(9)10/h3-8,13H,1-2H3. The van der Waals surface area contributed by atoms with Crippen LogP contribution in [-0.2, 0) is 10.2 Å². The minimum absolute atomic E-state index is 0.483. The van der Waals surface area contributed by atoms with Gasteiger partial charge in [0, 0.05) is 25.7 Å². The molecule has 1 aromatic carbocycles. The molecule has 0 saturated carbocycles. The van der Waals surface area contributed by atoms with E-state index in [1.165, 1.54) is 14.1 Å². The van der Waals surface area contributed by atoms with Gasteiger partial charge >= 0.3 is 10.2 Å². The monoisotopic (exact) mass is 251 g/mol. The highest BCUT2D eigenvalue weighted by Crippen LogP contribution is 2.21. The molecule has 6 heteroatoms. The minimum Gasteiger partial charge on any atom is -0.269 e. The Morgan fingerprint density at radius 1 is 1.18 bits per heavy atom. The maximum Gasteiger partial charge on any atom is 0.301 e. The minimum atomic E-state index is -3.50. The van der Waals surface area contributed by atoms with Gasteiger partial charge in [0.25, 0.3) is 0 Å². The Balaban J connectivity index is 2.50. The molecule has 1 aromatic heterocycles. The van der Waals surface area contributed by atoms with E-state index in [1.807, 2.05) is 18.2 Å². The van der Waals surface area contributed by atoms with Gasteiger partial charge in [-0.1, -0.05) is 18.2 Å². The number of pyridine rings is 1. The summed E-state index contributed by atoms with van der Waals surface area (Å²) in [5.41, 5.74) is 1.12. The van der Waals surface area contributed by atoms with Crippen LogP contribution in [-0.4, -0.2) is 31.8 Å². The first-order valence-corrected chi connectivity index (χ1v) is 6.49. The number of anilines is 1. The summed E-state index contributed by atoms with van der Waals surface area (Å²) in [6, 6.07) is 9.06. The molecule has 0 aliphatic heterocycles. The van der Waals surface area contributed by atoms with Crippen molar-refractivity contribution in [2.75, 3.05) is 18.8 Å². The number of nitrogens with one attached hydrogen (secondary N) is 1. The van der Waals surface area contributed by atoms with Gasteiger partial charge in [-0.2, -0.15) is 12.7 Å². The van der Waals surface area contributed by atoms with Crippen LogP contribution >= 0.6 is 0 Å². The van der Waals surface area contributed by atoms with Crippen LogP contribution in [0, 0.1) is 0 Å². The second-order valence-corrected chi connectivity index (χ2v) is 5.65. The molecule has 0 aliphatic carbocycles. The molecule has 1 N–H and O–H groups in total. The third-order valence-electron chi connectivity index (χ3n) is 2.35. The number of benzene rings is 1. The molecule has 2 rings (SSSR count). The van der Waals surface area contributed by atoms with Gasteiger partial charge in [0.05, 0.1) is 11.2 Å². The van der Waals surface area contributed by atoms with Crippen molar-refractivity contribution in [2.45, 2.75) is 0 Å². The molecular weight excluding hydrogens is 238 g/mol. The third-order valence-corrected chi connectivity index (χ3v) is 3.79. The number of fused-ring (bicyclic) bond motifs is 1. The first kappa shape index (κ1) is 11.8. The molecule has 1 heterocycles. The van der Waals surface area contributed by atoms with Gasteiger partial charge in [-0.25, -0.2) is 0 Å². The molecule has 0 spiro atoms. The number of hydrogen-bond donors (Lipinski definition) is 1. The molecule has 0 atom stereocenters. The lowest BCUT2D eigenvalue weighted by Gasteiger charge is -2.14. The molecule has 5 nitrogen and oxygen atoms in total. The topological polar surface area (TPSA) is 62.3 Å². The summed E-state index contributed by atoms with van der Waals surface area (Å²) in [6.45, 7) is 0. The van der Waals surface area contributed by atoms with Crippen molar-refractivity contribution in [2.24, 2.45) is 0 Å². The highest BCUT2D eigenvalue weighted by Gasteiger charge is 2.14. The average molecular weight is 251 g/mol. The van der Waals surface area contributed by atoms with Crippen LogP contribution in [0.3, 0.4) is 0 Å². The van der Waals surface area contributed by atoms with Gasteiger partial charge in [-0.05, 0) is 12.1 Å². The SMILES string of the molecule is CN(C)S(=O)(=O)Nc1cccc2cccnc12. The fraction of sp³-hybridized carbons (Fsp3) is 0.182. The van der Waals surface area contributed by atoms with Crippen molar-refractivity contribution < 1.29 is 8.42 Å². The summed E-state index contributed by atoms with van der Waals surface area (Å²) < 4.78 is 27.1. The van der Waals surface area contributed by atoms with E-state index in [1.54, 1.807) is 18.3 Å². The quantitative estimate of drug-likeness (QED) is 0.898. The van der Waals surface area contributed by atoms with Crippen LogP contribution in [0.5, 0.6) is 0 Å². The van der Waals surface area contributed by atoms with Crippen molar-refractivity contribution in [1.82, 2.24) is 9.29 Å². The third kappa shape index (κ3) is 2.37. The Labute approximate surface area is 100 Å². The highest BCUT2D eigenvalue weighted by molar-refractivity contribution is 7.90. The van der Waals surface area contributed by atoms with Gasteiger partial charge < -0.3 is 0 Å². The summed E-state index contributed by atoms with van der Waals surface area (Å²) in [6.07, 6.45) is 1.63. The lowest BCUT2D eigenvalue weighted by molar-refractivity contribution is 0.527. The Hall–Kier alpha value is -1.66. The lowest BCUT2D eigenvalue weighted by atomic mass is 10.2. The second-order valence-electron chi connectivity index (χ2n) is 3.77. The van der Waals surface area contributed by atoms with Crippen molar-refractivity contribution >= 4 is 26.8 Å². The van der Waals surface area contributed by atoms with E-state index in [4.69, 9.17) is 0 Å². The van der Waals surface area contributed by atoms with Gasteiger partial charge in [-0.3, -0.25) is 9.71 Å². The largest absolute Gasteiger partial charge is 0.301 e. The van der Waals surface area contributed by atoms with E-state index >= 15 is 0 Å². The molecular formula is C11H13N3O2S. The summed E-state index contributed by atoms with van der Waals surface area (Å²) in [5.74, 6) is 0. The van der Waals surface area contributed by atoms with Gasteiger partial charge in [0.2, 0.25) is 0 Å². The lowest BCUT2D eigenvalue weighted by Crippen LogP contribution is -2.29. The number of rotatable bonds is 3. The maximum atomic E-state index is 11.7. The molecule has 90 valence electrons. The van der Waals surface area contributed by atoms with Crippen LogP contribution < -0.4 is 4.72 Å². The van der Waals surface area contributed by atoms with Crippen LogP contribution in [0.4, 0.5) is 5.69 Å². The zero-order valence-corrected chi connectivity index (χ0v) is 10.4. The Morgan fingerprint density at radius 3 is 2.59 bits per heavy atom. The van der Waals surface area contributed by atoms with Gasteiger partial charge in [-0.15, -0.1) is 0 Å². The molecule has 0 bridgehead atoms. The van der Waals surface area contributed by atoms with E-state index < -0.39 is 10.2 Å². The summed E-state index contributed by atoms with van der Waals surface area (Å²) >= 11 is 0. The Kier molecular flexibility index (Phi) is 2.99. The van der Waals surface area contributed by atoms with E-state index in [2.05, 4.69) is 9.71 Å². The Bertz CT molecular complexity index is 633. The van der Waals surface area contributed by atoms with Crippen LogP contribution in [0.25, 0.3) is 10.9 Å². The number of hydrogen-bond acceptors (Lipinski definition) is 3. The van der Waals surface area contributed by atoms with Crippen molar-refractivity contribution in [3.63, 3.8) is 0 Å². The molecule has 0 saturated heterocycles. The predicted molar refractivity (Wildman–Crippen MR) is 68.0 cm³/mol. The summed E-state index contributed by atoms with van der Waals surface area (Å²) in [4.78, 5) is 4.18. The summed E-state index contributed by atoms with van der Waals surface area (Å²) in [5, 5.41) is 0.895. The second kappa shape index (κ2) is 4.31. The molecule has 2 aromatic rings. The maximum absolute atomic E-state index is 11.7. The smallest absolute Gasteiger partial charge is 0.269 e. The molecule has 0 aliphatic rings. The normalized spacial score (nSPS) is 11.9. The zero-order valence-electron chi connectivity index (χ0n) is 9.58. The summed E-state index contributed by atoms with van der Waals surface area (Å²) in [7, 11) is -0.553. The number of nitrogens with zero attached hydrogens (tertiary/aromatic N) is 2. The predicted octanol–water partition coefficient (Wildman–Crippen LogP) is 1.45. The van der Waals surface area contributed by atoms with Crippen molar-refractivity contribution in [3.05, 3.63) is 36.5 Å². The molecule has 0 unspecified atom stereocenters. The van der Waals surface area contributed by atoms with E-state index in [0.29, 0.717) is 11.2 Å². The van der Waals surface area contributed by atoms with Gasteiger partial charge in [0.15, 0.2) is 0 Å². The van der Waals surface area contributed by atoms with Crippen molar-refractivity contribution in [3.8, 4) is 0 Å². The van der Waals surface area contributed by atoms with E-state index in [9.17, 15) is 8.42 Å². The molecule has 0 amide bonds. The van der Waals surface area contributed by atoms with Crippen LogP contribution in [0.15, 0.2) is 36.5 Å². The van der Waals surface area contributed by atoms with E-state index in [-0.39, 0.29) is 0 Å². The fourth-order valence-corrected chi connectivity index (χ4v) is 2.04. The van der Waals surface area contributed by atoms with E-state index in [0.717, 1.165) is 9.69 Å². The van der Waals surface area contributed by atoms with Gasteiger partial charge in [0.1, 0.15) is 0 Å². The Morgan fingerprint density at radius 2 is 1.88 bits per heavy atom. The fourth-order valence-electron chi connectivity index (χ4n) is 1.42. The average Bonchev–Trinajstić information content (AvgIpc) is 2.29. The molecule has 0 fully saturated rings. The van der Waals surface area contributed by atoms with Crippen LogP contribution in [0.1, 0.15) is 0 Å².